The van der Waals surface area contributed by atoms with E-state index in [4.69, 9.17) is 0 Å². The number of aromatic nitrogens is 1. The lowest BCUT2D eigenvalue weighted by Gasteiger charge is -2.02. The Morgan fingerprint density at radius 1 is 1.35 bits per heavy atom. The topological polar surface area (TPSA) is 42.0 Å². The first-order valence-corrected chi connectivity index (χ1v) is 6.39. The summed E-state index contributed by atoms with van der Waals surface area (Å²) in [7, 11) is 0. The van der Waals surface area contributed by atoms with Gasteiger partial charge in [-0.2, -0.15) is 0 Å². The van der Waals surface area contributed by atoms with Gasteiger partial charge in [0.15, 0.2) is 0 Å². The molecule has 1 N–H and O–H groups in total. The Bertz CT molecular complexity index is 516. The summed E-state index contributed by atoms with van der Waals surface area (Å²) < 4.78 is 0. The van der Waals surface area contributed by atoms with E-state index in [1.54, 1.807) is 11.3 Å². The first kappa shape index (κ1) is 11.8. The molecule has 0 bridgehead atoms. The zero-order chi connectivity index (χ0) is 12.3. The van der Waals surface area contributed by atoms with Gasteiger partial charge < -0.3 is 5.32 Å². The smallest absolute Gasteiger partial charge is 0.221 e. The average molecular weight is 246 g/mol. The van der Waals surface area contributed by atoms with Gasteiger partial charge in [0.1, 0.15) is 0 Å². The molecule has 17 heavy (non-hydrogen) atoms. The predicted molar refractivity (Wildman–Crippen MR) is 71.2 cm³/mol. The number of aryl methyl sites for hydroxylation is 1. The second kappa shape index (κ2) is 5.10. The number of benzene rings is 1. The number of nitrogens with zero attached hydrogens (tertiary/aromatic N) is 1. The molecule has 88 valence electrons. The van der Waals surface area contributed by atoms with Gasteiger partial charge in [0.25, 0.3) is 0 Å². The zero-order valence-electron chi connectivity index (χ0n) is 9.86. The van der Waals surface area contributed by atoms with Gasteiger partial charge in [0.2, 0.25) is 5.91 Å². The molecular formula is C13H14N2OS. The van der Waals surface area contributed by atoms with Crippen LogP contribution in [0.3, 0.4) is 0 Å². The van der Waals surface area contributed by atoms with Gasteiger partial charge in [-0.25, -0.2) is 4.98 Å². The summed E-state index contributed by atoms with van der Waals surface area (Å²) >= 11 is 1.68. The van der Waals surface area contributed by atoms with E-state index in [2.05, 4.69) is 22.6 Å². The van der Waals surface area contributed by atoms with Crippen molar-refractivity contribution in [3.05, 3.63) is 34.7 Å². The molecule has 0 spiro atoms. The molecule has 3 nitrogen and oxygen atoms in total. The zero-order valence-corrected chi connectivity index (χ0v) is 10.7. The summed E-state index contributed by atoms with van der Waals surface area (Å²) in [5.74, 6) is -0.0559. The molecular weight excluding hydrogens is 232 g/mol. The minimum atomic E-state index is -0.0559. The molecule has 0 saturated heterocycles. The molecule has 1 aromatic heterocycles. The average Bonchev–Trinajstić information content (AvgIpc) is 2.78. The lowest BCUT2D eigenvalue weighted by molar-refractivity contribution is -0.114. The molecule has 0 unspecified atom stereocenters. The van der Waals surface area contributed by atoms with E-state index < -0.39 is 0 Å². The van der Waals surface area contributed by atoms with E-state index in [9.17, 15) is 4.79 Å². The van der Waals surface area contributed by atoms with E-state index in [0.717, 1.165) is 28.4 Å². The summed E-state index contributed by atoms with van der Waals surface area (Å²) in [6.07, 6.45) is 0.967. The molecule has 4 heteroatoms. The van der Waals surface area contributed by atoms with Crippen LogP contribution in [0.5, 0.6) is 0 Å². The van der Waals surface area contributed by atoms with Crippen LogP contribution < -0.4 is 5.32 Å². The highest BCUT2D eigenvalue weighted by molar-refractivity contribution is 7.09. The summed E-state index contributed by atoms with van der Waals surface area (Å²) in [6.45, 7) is 3.60. The van der Waals surface area contributed by atoms with Gasteiger partial charge in [-0.1, -0.05) is 19.1 Å². The molecule has 0 atom stereocenters. The molecule has 0 aliphatic heterocycles. The molecule has 0 radical (unpaired) electrons. The van der Waals surface area contributed by atoms with Gasteiger partial charge >= 0.3 is 0 Å². The highest BCUT2D eigenvalue weighted by atomic mass is 32.1. The molecule has 1 heterocycles. The Balaban J connectivity index is 2.19. The van der Waals surface area contributed by atoms with Crippen molar-refractivity contribution in [1.29, 1.82) is 0 Å². The number of rotatable bonds is 3. The van der Waals surface area contributed by atoms with Gasteiger partial charge in [0.05, 0.1) is 10.7 Å². The minimum absolute atomic E-state index is 0.0559. The van der Waals surface area contributed by atoms with Crippen molar-refractivity contribution in [1.82, 2.24) is 4.98 Å². The summed E-state index contributed by atoms with van der Waals surface area (Å²) in [4.78, 5) is 15.4. The van der Waals surface area contributed by atoms with Crippen LogP contribution in [0.4, 0.5) is 5.69 Å². The molecule has 2 aromatic rings. The predicted octanol–water partition coefficient (Wildman–Crippen LogP) is 3.33. The Labute approximate surface area is 105 Å². The fourth-order valence-electron chi connectivity index (χ4n) is 1.53. The van der Waals surface area contributed by atoms with Crippen molar-refractivity contribution in [3.63, 3.8) is 0 Å². The Kier molecular flexibility index (Phi) is 3.54. The summed E-state index contributed by atoms with van der Waals surface area (Å²) in [6, 6.07) is 7.73. The third kappa shape index (κ3) is 2.91. The standard InChI is InChI=1S/C13H14N2OS/c1-3-13-15-12(8-17-13)10-4-6-11(7-5-10)14-9(2)16/h4-8H,3H2,1-2H3,(H,14,16). The van der Waals surface area contributed by atoms with E-state index >= 15 is 0 Å². The van der Waals surface area contributed by atoms with E-state index in [-0.39, 0.29) is 5.91 Å². The number of carbonyl (C=O) groups excluding carboxylic acids is 1. The highest BCUT2D eigenvalue weighted by Crippen LogP contribution is 2.23. The van der Waals surface area contributed by atoms with Crippen LogP contribution >= 0.6 is 11.3 Å². The lowest BCUT2D eigenvalue weighted by atomic mass is 10.1. The fraction of sp³-hybridized carbons (Fsp3) is 0.231. The highest BCUT2D eigenvalue weighted by Gasteiger charge is 2.03. The second-order valence-corrected chi connectivity index (χ2v) is 4.68. The SMILES string of the molecule is CCc1nc(-c2ccc(NC(C)=O)cc2)cs1. The van der Waals surface area contributed by atoms with E-state index in [0.29, 0.717) is 0 Å². The number of thiazole rings is 1. The number of anilines is 1. The van der Waals surface area contributed by atoms with Gasteiger partial charge in [0, 0.05) is 23.6 Å². The molecule has 1 aromatic carbocycles. The van der Waals surface area contributed by atoms with Gasteiger partial charge in [-0.15, -0.1) is 11.3 Å². The lowest BCUT2D eigenvalue weighted by Crippen LogP contribution is -2.05. The molecule has 1 amide bonds. The largest absolute Gasteiger partial charge is 0.326 e. The Hall–Kier alpha value is -1.68. The van der Waals surface area contributed by atoms with Crippen LogP contribution in [0.1, 0.15) is 18.9 Å². The quantitative estimate of drug-likeness (QED) is 0.902. The molecule has 0 aliphatic carbocycles. The van der Waals surface area contributed by atoms with Crippen molar-refractivity contribution < 1.29 is 4.79 Å². The van der Waals surface area contributed by atoms with Crippen molar-refractivity contribution in [2.75, 3.05) is 5.32 Å². The molecule has 0 aliphatic rings. The van der Waals surface area contributed by atoms with Crippen molar-refractivity contribution in [2.45, 2.75) is 20.3 Å². The number of carbonyl (C=O) groups is 1. The van der Waals surface area contributed by atoms with Crippen molar-refractivity contribution in [3.8, 4) is 11.3 Å². The monoisotopic (exact) mass is 246 g/mol. The molecule has 0 fully saturated rings. The third-order valence-corrected chi connectivity index (χ3v) is 3.35. The summed E-state index contributed by atoms with van der Waals surface area (Å²) in [5.41, 5.74) is 2.89. The van der Waals surface area contributed by atoms with E-state index in [1.165, 1.54) is 6.92 Å². The Morgan fingerprint density at radius 2 is 2.06 bits per heavy atom. The summed E-state index contributed by atoms with van der Waals surface area (Å²) in [5, 5.41) is 5.95. The van der Waals surface area contributed by atoms with Crippen LogP contribution in [-0.4, -0.2) is 10.9 Å². The maximum atomic E-state index is 10.9. The van der Waals surface area contributed by atoms with E-state index in [1.807, 2.05) is 24.3 Å². The first-order valence-electron chi connectivity index (χ1n) is 5.51. The number of amides is 1. The van der Waals surface area contributed by atoms with Crippen LogP contribution in [0.15, 0.2) is 29.6 Å². The van der Waals surface area contributed by atoms with Crippen molar-refractivity contribution in [2.24, 2.45) is 0 Å². The first-order chi connectivity index (χ1) is 8.19. The fourth-order valence-corrected chi connectivity index (χ4v) is 2.29. The number of hydrogen-bond donors (Lipinski definition) is 1. The molecule has 2 rings (SSSR count). The second-order valence-electron chi connectivity index (χ2n) is 3.74. The van der Waals surface area contributed by atoms with Crippen LogP contribution in [-0.2, 0) is 11.2 Å². The maximum Gasteiger partial charge on any atom is 0.221 e. The van der Waals surface area contributed by atoms with Crippen LogP contribution in [0.25, 0.3) is 11.3 Å². The van der Waals surface area contributed by atoms with Crippen LogP contribution in [0.2, 0.25) is 0 Å². The normalized spacial score (nSPS) is 10.2. The Morgan fingerprint density at radius 3 is 2.59 bits per heavy atom. The number of hydrogen-bond acceptors (Lipinski definition) is 3. The minimum Gasteiger partial charge on any atom is -0.326 e. The van der Waals surface area contributed by atoms with Crippen LogP contribution in [0, 0.1) is 0 Å². The van der Waals surface area contributed by atoms with Gasteiger partial charge in [-0.05, 0) is 18.6 Å². The molecule has 0 saturated carbocycles. The van der Waals surface area contributed by atoms with Crippen molar-refractivity contribution >= 4 is 22.9 Å². The maximum absolute atomic E-state index is 10.9. The number of nitrogens with one attached hydrogen (secondary N) is 1. The van der Waals surface area contributed by atoms with Gasteiger partial charge in [-0.3, -0.25) is 4.79 Å². The third-order valence-electron chi connectivity index (χ3n) is 2.36.